The van der Waals surface area contributed by atoms with Gasteiger partial charge in [0.1, 0.15) is 0 Å². The van der Waals surface area contributed by atoms with Crippen molar-refractivity contribution in [1.29, 1.82) is 0 Å². The van der Waals surface area contributed by atoms with Crippen LogP contribution < -0.4 is 10.6 Å². The van der Waals surface area contributed by atoms with Gasteiger partial charge in [0.25, 0.3) is 0 Å². The van der Waals surface area contributed by atoms with Gasteiger partial charge in [0.2, 0.25) is 5.91 Å². The highest BCUT2D eigenvalue weighted by molar-refractivity contribution is 9.10. The molecule has 2 N–H and O–H groups in total. The summed E-state index contributed by atoms with van der Waals surface area (Å²) in [4.78, 5) is 11.3. The van der Waals surface area contributed by atoms with Gasteiger partial charge in [-0.1, -0.05) is 35.0 Å². The molecule has 0 fully saturated rings. The number of hydrogen-bond acceptors (Lipinski definition) is 2. The zero-order valence-electron chi connectivity index (χ0n) is 10.1. The number of amides is 1. The molecular formula is C13H19BrN2O. The predicted octanol–water partition coefficient (Wildman–Crippen LogP) is 2.46. The fourth-order valence-corrected chi connectivity index (χ4v) is 1.88. The zero-order chi connectivity index (χ0) is 12.5. The summed E-state index contributed by atoms with van der Waals surface area (Å²) in [6.45, 7) is 4.32. The molecule has 4 heteroatoms. The molecule has 0 bridgehead atoms. The molecule has 1 aromatic rings. The Bertz CT molecular complexity index is 355. The molecule has 1 aromatic carbocycles. The lowest BCUT2D eigenvalue weighted by Gasteiger charge is -2.06. The smallest absolute Gasteiger partial charge is 0.221 e. The predicted molar refractivity (Wildman–Crippen MR) is 73.8 cm³/mol. The monoisotopic (exact) mass is 298 g/mol. The van der Waals surface area contributed by atoms with Crippen LogP contribution >= 0.6 is 15.9 Å². The third kappa shape index (κ3) is 6.44. The highest BCUT2D eigenvalue weighted by atomic mass is 79.9. The van der Waals surface area contributed by atoms with Gasteiger partial charge in [-0.25, -0.2) is 0 Å². The van der Waals surface area contributed by atoms with Gasteiger partial charge in [-0.2, -0.15) is 0 Å². The van der Waals surface area contributed by atoms with Crippen molar-refractivity contribution in [2.75, 3.05) is 13.1 Å². The van der Waals surface area contributed by atoms with E-state index in [1.807, 2.05) is 19.1 Å². The van der Waals surface area contributed by atoms with Crippen LogP contribution in [-0.4, -0.2) is 19.0 Å². The second kappa shape index (κ2) is 8.25. The summed E-state index contributed by atoms with van der Waals surface area (Å²) in [7, 11) is 0. The minimum atomic E-state index is 0.119. The van der Waals surface area contributed by atoms with Crippen LogP contribution in [0.4, 0.5) is 0 Å². The maximum Gasteiger partial charge on any atom is 0.221 e. The lowest BCUT2D eigenvalue weighted by molar-refractivity contribution is -0.120. The van der Waals surface area contributed by atoms with E-state index in [4.69, 9.17) is 0 Å². The van der Waals surface area contributed by atoms with Gasteiger partial charge in [-0.3, -0.25) is 4.79 Å². The first-order chi connectivity index (χ1) is 8.22. The first-order valence-electron chi connectivity index (χ1n) is 5.94. The number of rotatable bonds is 7. The van der Waals surface area contributed by atoms with Crippen molar-refractivity contribution >= 4 is 21.8 Å². The van der Waals surface area contributed by atoms with Crippen LogP contribution in [0.3, 0.4) is 0 Å². The maximum absolute atomic E-state index is 11.3. The number of nitrogens with one attached hydrogen (secondary N) is 2. The molecule has 17 heavy (non-hydrogen) atoms. The molecular weight excluding hydrogens is 280 g/mol. The fraction of sp³-hybridized carbons (Fsp3) is 0.462. The molecule has 0 heterocycles. The lowest BCUT2D eigenvalue weighted by Crippen LogP contribution is -2.27. The first kappa shape index (κ1) is 14.2. The van der Waals surface area contributed by atoms with Crippen molar-refractivity contribution in [2.45, 2.75) is 26.3 Å². The van der Waals surface area contributed by atoms with Crippen LogP contribution in [0.25, 0.3) is 0 Å². The van der Waals surface area contributed by atoms with Crippen LogP contribution in [-0.2, 0) is 11.3 Å². The maximum atomic E-state index is 11.3. The van der Waals surface area contributed by atoms with Gasteiger partial charge in [0.05, 0.1) is 0 Å². The normalized spacial score (nSPS) is 10.2. The molecule has 0 aliphatic heterocycles. The van der Waals surface area contributed by atoms with Crippen molar-refractivity contribution < 1.29 is 4.79 Å². The third-order valence-corrected chi connectivity index (χ3v) is 2.81. The summed E-state index contributed by atoms with van der Waals surface area (Å²) in [6, 6.07) is 8.15. The van der Waals surface area contributed by atoms with E-state index in [2.05, 4.69) is 38.7 Å². The Kier molecular flexibility index (Phi) is 6.89. The lowest BCUT2D eigenvalue weighted by atomic mass is 10.2. The SMILES string of the molecule is CCCNC(=O)CCNCc1cccc(Br)c1. The highest BCUT2D eigenvalue weighted by Crippen LogP contribution is 2.11. The minimum Gasteiger partial charge on any atom is -0.356 e. The minimum absolute atomic E-state index is 0.119. The summed E-state index contributed by atoms with van der Waals surface area (Å²) in [5.41, 5.74) is 1.22. The van der Waals surface area contributed by atoms with Crippen LogP contribution in [0.1, 0.15) is 25.3 Å². The van der Waals surface area contributed by atoms with Gasteiger partial charge in [-0.05, 0) is 24.1 Å². The molecule has 0 spiro atoms. The molecule has 3 nitrogen and oxygen atoms in total. The second-order valence-electron chi connectivity index (χ2n) is 3.91. The van der Waals surface area contributed by atoms with E-state index in [9.17, 15) is 4.79 Å². The van der Waals surface area contributed by atoms with Gasteiger partial charge < -0.3 is 10.6 Å². The standard InChI is InChI=1S/C13H19BrN2O/c1-2-7-16-13(17)6-8-15-10-11-4-3-5-12(14)9-11/h3-5,9,15H,2,6-8,10H2,1H3,(H,16,17). The van der Waals surface area contributed by atoms with E-state index < -0.39 is 0 Å². The third-order valence-electron chi connectivity index (χ3n) is 2.32. The van der Waals surface area contributed by atoms with E-state index in [1.165, 1.54) is 5.56 Å². The number of hydrogen-bond donors (Lipinski definition) is 2. The van der Waals surface area contributed by atoms with Crippen molar-refractivity contribution in [3.63, 3.8) is 0 Å². The number of carbonyl (C=O) groups is 1. The van der Waals surface area contributed by atoms with E-state index in [-0.39, 0.29) is 5.91 Å². The highest BCUT2D eigenvalue weighted by Gasteiger charge is 1.99. The molecule has 94 valence electrons. The Morgan fingerprint density at radius 3 is 2.88 bits per heavy atom. The van der Waals surface area contributed by atoms with E-state index in [0.29, 0.717) is 13.0 Å². The zero-order valence-corrected chi connectivity index (χ0v) is 11.7. The Hall–Kier alpha value is -0.870. The van der Waals surface area contributed by atoms with Crippen LogP contribution in [0.15, 0.2) is 28.7 Å². The molecule has 0 aliphatic rings. The molecule has 1 rings (SSSR count). The van der Waals surface area contributed by atoms with Gasteiger partial charge >= 0.3 is 0 Å². The summed E-state index contributed by atoms with van der Waals surface area (Å²) in [5.74, 6) is 0.119. The molecule has 0 saturated carbocycles. The average Bonchev–Trinajstić information content (AvgIpc) is 2.32. The first-order valence-corrected chi connectivity index (χ1v) is 6.73. The molecule has 0 radical (unpaired) electrons. The number of halogens is 1. The number of carbonyl (C=O) groups excluding carboxylic acids is 1. The molecule has 0 unspecified atom stereocenters. The van der Waals surface area contributed by atoms with Gasteiger partial charge in [0, 0.05) is 30.5 Å². The Labute approximate surface area is 111 Å². The van der Waals surface area contributed by atoms with Crippen LogP contribution in [0, 0.1) is 0 Å². The second-order valence-corrected chi connectivity index (χ2v) is 4.82. The molecule has 1 amide bonds. The molecule has 0 atom stereocenters. The quantitative estimate of drug-likeness (QED) is 0.759. The number of benzene rings is 1. The summed E-state index contributed by atoms with van der Waals surface area (Å²) in [6.07, 6.45) is 1.52. The van der Waals surface area contributed by atoms with Crippen LogP contribution in [0.2, 0.25) is 0 Å². The Morgan fingerprint density at radius 1 is 1.35 bits per heavy atom. The Morgan fingerprint density at radius 2 is 2.18 bits per heavy atom. The molecule has 0 saturated heterocycles. The summed E-state index contributed by atoms with van der Waals surface area (Å²) in [5, 5.41) is 6.11. The largest absolute Gasteiger partial charge is 0.356 e. The average molecular weight is 299 g/mol. The van der Waals surface area contributed by atoms with Crippen molar-refractivity contribution in [3.05, 3.63) is 34.3 Å². The van der Waals surface area contributed by atoms with E-state index in [0.717, 1.165) is 24.0 Å². The Balaban J connectivity index is 2.14. The van der Waals surface area contributed by atoms with Crippen molar-refractivity contribution in [3.8, 4) is 0 Å². The van der Waals surface area contributed by atoms with Crippen molar-refractivity contribution in [1.82, 2.24) is 10.6 Å². The molecule has 0 aromatic heterocycles. The van der Waals surface area contributed by atoms with Gasteiger partial charge in [-0.15, -0.1) is 0 Å². The van der Waals surface area contributed by atoms with E-state index in [1.54, 1.807) is 0 Å². The fourth-order valence-electron chi connectivity index (χ4n) is 1.43. The topological polar surface area (TPSA) is 41.1 Å². The van der Waals surface area contributed by atoms with Crippen LogP contribution in [0.5, 0.6) is 0 Å². The van der Waals surface area contributed by atoms with E-state index >= 15 is 0 Å². The molecule has 0 aliphatic carbocycles. The van der Waals surface area contributed by atoms with Crippen molar-refractivity contribution in [2.24, 2.45) is 0 Å². The summed E-state index contributed by atoms with van der Waals surface area (Å²) < 4.78 is 1.08. The summed E-state index contributed by atoms with van der Waals surface area (Å²) >= 11 is 3.43. The van der Waals surface area contributed by atoms with Gasteiger partial charge in [0.15, 0.2) is 0 Å².